The lowest BCUT2D eigenvalue weighted by molar-refractivity contribution is 0.123. The Kier molecular flexibility index (Phi) is 8.06. The molecule has 29 heavy (non-hydrogen) atoms. The summed E-state index contributed by atoms with van der Waals surface area (Å²) >= 11 is 1.49. The van der Waals surface area contributed by atoms with Crippen molar-refractivity contribution in [2.24, 2.45) is 4.99 Å². The van der Waals surface area contributed by atoms with E-state index in [1.54, 1.807) is 7.11 Å². The van der Waals surface area contributed by atoms with Crippen LogP contribution >= 0.6 is 11.5 Å². The van der Waals surface area contributed by atoms with Crippen molar-refractivity contribution in [3.8, 4) is 5.75 Å². The average Bonchev–Trinajstić information content (AvgIpc) is 3.26. The van der Waals surface area contributed by atoms with Gasteiger partial charge < -0.3 is 24.6 Å². The van der Waals surface area contributed by atoms with Crippen LogP contribution in [0.25, 0.3) is 0 Å². The third-order valence-electron chi connectivity index (χ3n) is 4.81. The number of hydrogen-bond donors (Lipinski definition) is 1. The number of para-hydroxylation sites is 1. The van der Waals surface area contributed by atoms with E-state index in [0.717, 1.165) is 60.8 Å². The smallest absolute Gasteiger partial charge is 0.205 e. The van der Waals surface area contributed by atoms with Crippen LogP contribution in [0.3, 0.4) is 0 Å². The van der Waals surface area contributed by atoms with Crippen LogP contribution in [0.1, 0.15) is 18.3 Å². The minimum absolute atomic E-state index is 0.532. The molecule has 1 N–H and O–H groups in total. The second kappa shape index (κ2) is 11.0. The maximum atomic E-state index is 5.79. The van der Waals surface area contributed by atoms with Crippen molar-refractivity contribution >= 4 is 22.6 Å². The van der Waals surface area contributed by atoms with Gasteiger partial charge in [0.15, 0.2) is 5.96 Å². The predicted octanol–water partition coefficient (Wildman–Crippen LogP) is 2.02. The molecule has 1 aromatic carbocycles. The van der Waals surface area contributed by atoms with E-state index in [-0.39, 0.29) is 0 Å². The van der Waals surface area contributed by atoms with E-state index in [1.807, 2.05) is 31.3 Å². The molecule has 0 amide bonds. The number of rotatable bonds is 8. The summed E-state index contributed by atoms with van der Waals surface area (Å²) in [6.45, 7) is 7.57. The van der Waals surface area contributed by atoms with E-state index >= 15 is 0 Å². The third-order valence-corrected chi connectivity index (χ3v) is 5.63. The highest BCUT2D eigenvalue weighted by Crippen LogP contribution is 2.19. The van der Waals surface area contributed by atoms with Crippen LogP contribution in [-0.2, 0) is 17.8 Å². The minimum atomic E-state index is 0.532. The summed E-state index contributed by atoms with van der Waals surface area (Å²) in [5.74, 6) is 2.70. The molecule has 0 spiro atoms. The molecular weight excluding hydrogens is 388 g/mol. The molecule has 0 atom stereocenters. The fraction of sp³-hybridized carbons (Fsp3) is 0.550. The molecule has 9 heteroatoms. The number of ether oxygens (including phenoxy) is 2. The molecule has 1 saturated heterocycles. The van der Waals surface area contributed by atoms with Gasteiger partial charge in [-0.05, 0) is 6.07 Å². The van der Waals surface area contributed by atoms with Crippen molar-refractivity contribution in [3.63, 3.8) is 0 Å². The van der Waals surface area contributed by atoms with Crippen molar-refractivity contribution in [1.82, 2.24) is 19.6 Å². The summed E-state index contributed by atoms with van der Waals surface area (Å²) in [5.41, 5.74) is 1.05. The summed E-state index contributed by atoms with van der Waals surface area (Å²) < 4.78 is 15.5. The van der Waals surface area contributed by atoms with Crippen molar-refractivity contribution in [2.75, 3.05) is 58.4 Å². The fourth-order valence-corrected chi connectivity index (χ4v) is 4.00. The predicted molar refractivity (Wildman–Crippen MR) is 117 cm³/mol. The zero-order valence-corrected chi connectivity index (χ0v) is 18.2. The third kappa shape index (κ3) is 5.80. The van der Waals surface area contributed by atoms with E-state index in [0.29, 0.717) is 19.8 Å². The van der Waals surface area contributed by atoms with Crippen LogP contribution in [0.2, 0.25) is 0 Å². The van der Waals surface area contributed by atoms with Gasteiger partial charge in [0.05, 0.1) is 20.3 Å². The zero-order chi connectivity index (χ0) is 20.5. The number of anilines is 1. The normalized spacial score (nSPS) is 14.9. The Labute approximate surface area is 176 Å². The number of benzene rings is 1. The molecule has 1 aliphatic heterocycles. The molecular formula is C20H30N6O2S. The van der Waals surface area contributed by atoms with Gasteiger partial charge in [-0.2, -0.15) is 4.37 Å². The van der Waals surface area contributed by atoms with Crippen LogP contribution in [0.15, 0.2) is 29.3 Å². The Hall–Kier alpha value is -2.39. The molecule has 0 unspecified atom stereocenters. The number of guanidine groups is 1. The van der Waals surface area contributed by atoms with Crippen molar-refractivity contribution in [2.45, 2.75) is 20.0 Å². The largest absolute Gasteiger partial charge is 0.496 e. The van der Waals surface area contributed by atoms with Gasteiger partial charge >= 0.3 is 0 Å². The molecule has 0 saturated carbocycles. The lowest BCUT2D eigenvalue weighted by Crippen LogP contribution is -2.53. The molecule has 0 radical (unpaired) electrons. The number of nitrogens with zero attached hydrogens (tertiary/aromatic N) is 5. The highest BCUT2D eigenvalue weighted by Gasteiger charge is 2.21. The monoisotopic (exact) mass is 418 g/mol. The van der Waals surface area contributed by atoms with Crippen LogP contribution in [0.5, 0.6) is 5.75 Å². The fourth-order valence-electron chi connectivity index (χ4n) is 3.20. The Balaban J connectivity index is 1.38. The van der Waals surface area contributed by atoms with Crippen LogP contribution in [0.4, 0.5) is 5.13 Å². The van der Waals surface area contributed by atoms with Crippen LogP contribution in [0, 0.1) is 0 Å². The number of aryl methyl sites for hydroxylation is 1. The maximum absolute atomic E-state index is 5.79. The topological polar surface area (TPSA) is 75.1 Å². The number of aromatic nitrogens is 2. The maximum Gasteiger partial charge on any atom is 0.205 e. The zero-order valence-electron chi connectivity index (χ0n) is 17.4. The van der Waals surface area contributed by atoms with Crippen molar-refractivity contribution < 1.29 is 9.47 Å². The van der Waals surface area contributed by atoms with Gasteiger partial charge in [-0.3, -0.25) is 4.99 Å². The number of methoxy groups -OCH3 is 1. The first kappa shape index (κ1) is 21.3. The molecule has 2 aromatic rings. The molecule has 1 fully saturated rings. The molecule has 158 valence electrons. The minimum Gasteiger partial charge on any atom is -0.496 e. The van der Waals surface area contributed by atoms with Crippen molar-refractivity contribution in [3.05, 3.63) is 35.7 Å². The Morgan fingerprint density at radius 3 is 2.72 bits per heavy atom. The van der Waals surface area contributed by atoms with Crippen molar-refractivity contribution in [1.29, 1.82) is 0 Å². The van der Waals surface area contributed by atoms with E-state index < -0.39 is 0 Å². The summed E-state index contributed by atoms with van der Waals surface area (Å²) in [5, 5.41) is 4.42. The molecule has 0 aliphatic carbocycles. The lowest BCUT2D eigenvalue weighted by Gasteiger charge is -2.36. The van der Waals surface area contributed by atoms with E-state index in [4.69, 9.17) is 9.47 Å². The molecule has 2 heterocycles. The molecule has 1 aliphatic rings. The first-order chi connectivity index (χ1) is 14.2. The first-order valence-corrected chi connectivity index (χ1v) is 10.7. The molecule has 1 aromatic heterocycles. The summed E-state index contributed by atoms with van der Waals surface area (Å²) in [6, 6.07) is 7.92. The van der Waals surface area contributed by atoms with Gasteiger partial charge in [-0.15, -0.1) is 0 Å². The van der Waals surface area contributed by atoms with Gasteiger partial charge in [-0.1, -0.05) is 25.1 Å². The lowest BCUT2D eigenvalue weighted by atomic mass is 10.2. The summed E-state index contributed by atoms with van der Waals surface area (Å²) in [6.07, 6.45) is 0.881. The standard InChI is InChI=1S/C20H30N6O2S/c1-4-18-23-20(29-24-18)26-12-10-25(11-13-26)19(21-2)22-9-14-28-15-16-7-5-6-8-17(16)27-3/h5-8H,4,9-15H2,1-3H3,(H,21,22). The number of aliphatic imine (C=N–C) groups is 1. The Morgan fingerprint density at radius 1 is 1.24 bits per heavy atom. The summed E-state index contributed by atoms with van der Waals surface area (Å²) in [4.78, 5) is 13.6. The highest BCUT2D eigenvalue weighted by molar-refractivity contribution is 7.09. The SMILES string of the molecule is CCc1nsc(N2CCN(C(=NC)NCCOCc3ccccc3OC)CC2)n1. The Bertz CT molecular complexity index is 789. The van der Waals surface area contributed by atoms with Crippen LogP contribution < -0.4 is 15.0 Å². The second-order valence-electron chi connectivity index (χ2n) is 6.66. The second-order valence-corrected chi connectivity index (χ2v) is 7.39. The molecule has 8 nitrogen and oxygen atoms in total. The average molecular weight is 419 g/mol. The van der Waals surface area contributed by atoms with E-state index in [1.165, 1.54) is 11.5 Å². The van der Waals surface area contributed by atoms with Gasteiger partial charge in [0, 0.05) is 63.3 Å². The van der Waals surface area contributed by atoms with Gasteiger partial charge in [0.1, 0.15) is 11.6 Å². The van der Waals surface area contributed by atoms with E-state index in [2.05, 4.69) is 36.4 Å². The first-order valence-electron chi connectivity index (χ1n) is 9.98. The number of hydrogen-bond acceptors (Lipinski definition) is 7. The van der Waals surface area contributed by atoms with Gasteiger partial charge in [0.2, 0.25) is 5.13 Å². The van der Waals surface area contributed by atoms with Gasteiger partial charge in [0.25, 0.3) is 0 Å². The van der Waals surface area contributed by atoms with E-state index in [9.17, 15) is 0 Å². The molecule has 3 rings (SSSR count). The Morgan fingerprint density at radius 2 is 2.03 bits per heavy atom. The van der Waals surface area contributed by atoms with Crippen LogP contribution in [-0.4, -0.2) is 73.7 Å². The van der Waals surface area contributed by atoms with Gasteiger partial charge in [-0.25, -0.2) is 4.98 Å². The molecule has 0 bridgehead atoms. The summed E-state index contributed by atoms with van der Waals surface area (Å²) in [7, 11) is 3.50. The number of piperazine rings is 1. The quantitative estimate of drug-likeness (QED) is 0.399. The number of nitrogens with one attached hydrogen (secondary N) is 1. The highest BCUT2D eigenvalue weighted by atomic mass is 32.1.